The normalized spacial score (nSPS) is 11.7. The van der Waals surface area contributed by atoms with E-state index in [9.17, 15) is 0 Å². The largest absolute Gasteiger partial charge is 0.456 e. The fourth-order valence-corrected chi connectivity index (χ4v) is 18.2. The van der Waals surface area contributed by atoms with Gasteiger partial charge in [-0.1, -0.05) is 334 Å². The minimum atomic E-state index is 0.559. The first-order valence-electron chi connectivity index (χ1n) is 42.1. The zero-order valence-corrected chi connectivity index (χ0v) is 67.6. The molecule has 0 atom stereocenters. The lowest BCUT2D eigenvalue weighted by Crippen LogP contribution is -2.00. The molecule has 0 radical (unpaired) electrons. The van der Waals surface area contributed by atoms with E-state index in [0.717, 1.165) is 143 Å². The Morgan fingerprint density at radius 2 is 0.413 bits per heavy atom. The number of rotatable bonds is 11. The minimum Gasteiger partial charge on any atom is -0.456 e. The van der Waals surface area contributed by atoms with Gasteiger partial charge in [0.05, 0.1) is 27.6 Å². The standard InChI is InChI=1S/C45H27N3O2.C36H24N2.C33H19N3O2/c1-2-10-30(11-3-1)43-46-44(31-24-20-28(21-25-31)33-14-9-19-40-41(33)37-13-5-7-18-39(37)49-40)48-45(47-43)32-26-22-29(23-27-32)34-15-8-16-36-35-12-4-6-17-38(35)50-42(34)36;1-5-13-33-29(9-1)30-10-2-6-14-34(30)37(33)27-21-17-25(18-22-27)26-19-23-28(24-20-26)38-35-15-7-3-11-31(35)32-12-4-8-16-36(32)38;1-2-10-20(11-3-1)31-34-32(24-15-9-19-28-29(24)23-13-5-7-18-27(23)37-28)36-33(35-31)25-16-8-14-22-21-12-4-6-17-26(21)38-30(22)25/h1-27H;1-24H;1-19H. The van der Waals surface area contributed by atoms with Crippen molar-refractivity contribution >= 4 is 131 Å². The monoisotopic (exact) mass is 1610 g/mol. The van der Waals surface area contributed by atoms with Crippen molar-refractivity contribution < 1.29 is 17.7 Å². The summed E-state index contributed by atoms with van der Waals surface area (Å²) < 4.78 is 29.7. The number of furan rings is 4. The summed E-state index contributed by atoms with van der Waals surface area (Å²) in [6, 6.07) is 146. The Hall–Kier alpha value is -17.2. The average molecular weight is 1620 g/mol. The lowest BCUT2D eigenvalue weighted by Gasteiger charge is -2.11. The van der Waals surface area contributed by atoms with Gasteiger partial charge in [-0.25, -0.2) is 29.9 Å². The van der Waals surface area contributed by atoms with Crippen molar-refractivity contribution in [1.29, 1.82) is 0 Å². The molecule has 12 heteroatoms. The zero-order valence-electron chi connectivity index (χ0n) is 67.6. The maximum absolute atomic E-state index is 6.33. The Balaban J connectivity index is 0.000000107. The van der Waals surface area contributed by atoms with Crippen LogP contribution in [0.2, 0.25) is 0 Å². The van der Waals surface area contributed by atoms with Crippen molar-refractivity contribution in [3.05, 3.63) is 425 Å². The van der Waals surface area contributed by atoms with Crippen LogP contribution in [0.15, 0.2) is 442 Å². The number of para-hydroxylation sites is 10. The highest BCUT2D eigenvalue weighted by Gasteiger charge is 2.24. The first-order chi connectivity index (χ1) is 62.5. The van der Waals surface area contributed by atoms with Gasteiger partial charge in [-0.15, -0.1) is 0 Å². The van der Waals surface area contributed by atoms with Crippen LogP contribution in [0.3, 0.4) is 0 Å². The van der Waals surface area contributed by atoms with Gasteiger partial charge in [-0.2, -0.15) is 0 Å². The highest BCUT2D eigenvalue weighted by atomic mass is 16.3. The highest BCUT2D eigenvalue weighted by molar-refractivity contribution is 6.16. The second-order valence-electron chi connectivity index (χ2n) is 31.4. The van der Waals surface area contributed by atoms with Crippen molar-refractivity contribution in [2.75, 3.05) is 0 Å². The van der Waals surface area contributed by atoms with Crippen molar-refractivity contribution in [1.82, 2.24) is 39.0 Å². The summed E-state index contributed by atoms with van der Waals surface area (Å²) >= 11 is 0. The molecule has 0 fully saturated rings. The van der Waals surface area contributed by atoms with Crippen LogP contribution in [-0.2, 0) is 0 Å². The molecule has 0 aliphatic heterocycles. The molecule has 0 saturated carbocycles. The highest BCUT2D eigenvalue weighted by Crippen LogP contribution is 2.44. The van der Waals surface area contributed by atoms with Gasteiger partial charge >= 0.3 is 0 Å². The molecule has 0 amide bonds. The summed E-state index contributed by atoms with van der Waals surface area (Å²) in [4.78, 5) is 29.9. The molecule has 8 heterocycles. The van der Waals surface area contributed by atoms with Crippen LogP contribution in [0.5, 0.6) is 0 Å². The van der Waals surface area contributed by atoms with E-state index < -0.39 is 0 Å². The predicted octanol–water partition coefficient (Wildman–Crippen LogP) is 30.2. The quantitative estimate of drug-likeness (QED) is 0.123. The van der Waals surface area contributed by atoms with Gasteiger partial charge in [-0.3, -0.25) is 0 Å². The van der Waals surface area contributed by atoms with Gasteiger partial charge in [0, 0.05) is 109 Å². The van der Waals surface area contributed by atoms with E-state index in [1.54, 1.807) is 0 Å². The SMILES string of the molecule is c1ccc(-c2nc(-c3ccc(-c4cccc5c4oc4ccccc45)cc3)nc(-c3ccc(-c4cccc5oc6ccccc6c45)cc3)n2)cc1.c1ccc(-c2nc(-c3cccc4c3oc3ccccc34)nc(-c3cccc4oc5ccccc5c34)n2)cc1.c1ccc2c(c1)c1ccccc1n2-c1ccc(-c2ccc(-n3c4ccccc4c4ccccc43)cc2)cc1. The molecular weight excluding hydrogens is 1550 g/mol. The number of aromatic nitrogens is 8. The molecule has 0 spiro atoms. The van der Waals surface area contributed by atoms with Crippen molar-refractivity contribution in [2.24, 2.45) is 0 Å². The van der Waals surface area contributed by atoms with E-state index in [-0.39, 0.29) is 0 Å². The smallest absolute Gasteiger partial charge is 0.167 e. The van der Waals surface area contributed by atoms with Gasteiger partial charge in [0.15, 0.2) is 34.9 Å². The number of nitrogens with zero attached hydrogens (tertiary/aromatic N) is 8. The van der Waals surface area contributed by atoms with Gasteiger partial charge in [-0.05, 0) is 119 Å². The van der Waals surface area contributed by atoms with E-state index in [0.29, 0.717) is 34.9 Å². The molecule has 0 bridgehead atoms. The molecule has 0 aliphatic rings. The molecule has 0 aliphatic carbocycles. The fraction of sp³-hybridized carbons (Fsp3) is 0. The van der Waals surface area contributed by atoms with Crippen LogP contribution in [0.4, 0.5) is 0 Å². The van der Waals surface area contributed by atoms with Gasteiger partial charge in [0.25, 0.3) is 0 Å². The molecule has 12 nitrogen and oxygen atoms in total. The topological polar surface area (TPSA) is 140 Å². The molecule has 18 aromatic carbocycles. The summed E-state index contributed by atoms with van der Waals surface area (Å²) in [7, 11) is 0. The Kier molecular flexibility index (Phi) is 17.6. The summed E-state index contributed by atoms with van der Waals surface area (Å²) in [5.41, 5.74) is 26.2. The van der Waals surface area contributed by atoms with Gasteiger partial charge in [0.2, 0.25) is 0 Å². The molecular formula is C114H70N8O4. The van der Waals surface area contributed by atoms with Crippen LogP contribution < -0.4 is 0 Å². The Labute approximate surface area is 721 Å². The van der Waals surface area contributed by atoms with E-state index in [1.165, 1.54) is 66.1 Å². The third-order valence-corrected chi connectivity index (χ3v) is 24.1. The third-order valence-electron chi connectivity index (χ3n) is 24.1. The lowest BCUT2D eigenvalue weighted by atomic mass is 9.98. The second kappa shape index (κ2) is 30.5. The van der Waals surface area contributed by atoms with E-state index in [4.69, 9.17) is 47.6 Å². The summed E-state index contributed by atoms with van der Waals surface area (Å²) in [5, 5.41) is 13.7. The summed E-state index contributed by atoms with van der Waals surface area (Å²) in [5.74, 6) is 3.59. The first-order valence-corrected chi connectivity index (χ1v) is 42.1. The maximum Gasteiger partial charge on any atom is 0.167 e. The van der Waals surface area contributed by atoms with Crippen LogP contribution in [0.1, 0.15) is 0 Å². The average Bonchev–Trinajstić information content (AvgIpc) is 1.60. The number of benzene rings is 18. The van der Waals surface area contributed by atoms with Crippen molar-refractivity contribution in [3.8, 4) is 113 Å². The van der Waals surface area contributed by atoms with Crippen LogP contribution >= 0.6 is 0 Å². The number of hydrogen-bond donors (Lipinski definition) is 0. The molecule has 126 heavy (non-hydrogen) atoms. The minimum absolute atomic E-state index is 0.559. The van der Waals surface area contributed by atoms with Crippen molar-refractivity contribution in [3.63, 3.8) is 0 Å². The maximum atomic E-state index is 6.33. The number of fused-ring (bicyclic) bond motifs is 18. The molecule has 0 unspecified atom stereocenters. The molecule has 0 N–H and O–H groups in total. The zero-order chi connectivity index (χ0) is 83.1. The summed E-state index contributed by atoms with van der Waals surface area (Å²) in [6.07, 6.45) is 0. The van der Waals surface area contributed by atoms with Gasteiger partial charge in [0.1, 0.15) is 44.7 Å². The Morgan fingerprint density at radius 1 is 0.151 bits per heavy atom. The predicted molar refractivity (Wildman–Crippen MR) is 513 cm³/mol. The lowest BCUT2D eigenvalue weighted by molar-refractivity contribution is 0.668. The fourth-order valence-electron chi connectivity index (χ4n) is 18.2. The summed E-state index contributed by atoms with van der Waals surface area (Å²) in [6.45, 7) is 0. The van der Waals surface area contributed by atoms with Crippen LogP contribution in [0, 0.1) is 0 Å². The van der Waals surface area contributed by atoms with E-state index in [1.807, 2.05) is 170 Å². The molecule has 0 saturated heterocycles. The molecule has 590 valence electrons. The third kappa shape index (κ3) is 12.7. The first kappa shape index (κ1) is 72.8. The molecule has 8 aromatic heterocycles. The second-order valence-corrected chi connectivity index (χ2v) is 31.4. The molecule has 26 rings (SSSR count). The number of hydrogen-bond acceptors (Lipinski definition) is 10. The van der Waals surface area contributed by atoms with Crippen molar-refractivity contribution in [2.45, 2.75) is 0 Å². The van der Waals surface area contributed by atoms with E-state index in [2.05, 4.69) is 264 Å². The van der Waals surface area contributed by atoms with Crippen LogP contribution in [0.25, 0.3) is 244 Å². The van der Waals surface area contributed by atoms with Gasteiger partial charge < -0.3 is 26.8 Å². The Morgan fingerprint density at radius 3 is 0.841 bits per heavy atom. The van der Waals surface area contributed by atoms with Crippen LogP contribution in [-0.4, -0.2) is 39.0 Å². The Bertz CT molecular complexity index is 8440. The molecule has 26 aromatic rings. The van der Waals surface area contributed by atoms with E-state index >= 15 is 0 Å².